The fraction of sp³-hybridized carbons (Fsp3) is 0.389. The van der Waals surface area contributed by atoms with Gasteiger partial charge in [0.2, 0.25) is 0 Å². The van der Waals surface area contributed by atoms with E-state index in [0.717, 1.165) is 12.8 Å². The molecule has 106 valence electrons. The van der Waals surface area contributed by atoms with Gasteiger partial charge in [0, 0.05) is 12.4 Å². The summed E-state index contributed by atoms with van der Waals surface area (Å²) in [6.07, 6.45) is 5.85. The Hall–Kier alpha value is -1.67. The number of nitrogens with zero attached hydrogens (tertiary/aromatic N) is 1. The highest BCUT2D eigenvalue weighted by atomic mass is 14.6. The summed E-state index contributed by atoms with van der Waals surface area (Å²) in [6.45, 7) is 7.25. The van der Waals surface area contributed by atoms with Crippen LogP contribution in [0.1, 0.15) is 40.2 Å². The normalized spacial score (nSPS) is 12.4. The van der Waals surface area contributed by atoms with Crippen molar-refractivity contribution < 1.29 is 0 Å². The molecule has 2 N–H and O–H groups in total. The molecule has 2 aromatic rings. The van der Waals surface area contributed by atoms with E-state index in [4.69, 9.17) is 5.73 Å². The highest BCUT2D eigenvalue weighted by molar-refractivity contribution is 5.40. The van der Waals surface area contributed by atoms with E-state index in [9.17, 15) is 0 Å². The van der Waals surface area contributed by atoms with E-state index in [1.165, 1.54) is 27.8 Å². The summed E-state index contributed by atoms with van der Waals surface area (Å²) in [5.41, 5.74) is 12.9. The average molecular weight is 268 g/mol. The first kappa shape index (κ1) is 14.7. The summed E-state index contributed by atoms with van der Waals surface area (Å²) in [7, 11) is 0. The highest BCUT2D eigenvalue weighted by Crippen LogP contribution is 2.28. The molecule has 0 aliphatic carbocycles. The third-order valence-electron chi connectivity index (χ3n) is 3.96. The lowest BCUT2D eigenvalue weighted by Gasteiger charge is -2.21. The molecule has 2 rings (SSSR count). The minimum Gasteiger partial charge on any atom is -0.330 e. The van der Waals surface area contributed by atoms with Crippen LogP contribution in [0.25, 0.3) is 0 Å². The Balaban J connectivity index is 2.17. The second-order valence-electron chi connectivity index (χ2n) is 5.64. The number of benzene rings is 1. The van der Waals surface area contributed by atoms with E-state index in [1.807, 2.05) is 12.4 Å². The van der Waals surface area contributed by atoms with Crippen LogP contribution in [0.4, 0.5) is 0 Å². The quantitative estimate of drug-likeness (QED) is 0.898. The zero-order valence-corrected chi connectivity index (χ0v) is 12.7. The van der Waals surface area contributed by atoms with Gasteiger partial charge in [0.25, 0.3) is 0 Å². The lowest BCUT2D eigenvalue weighted by Crippen LogP contribution is -2.16. The van der Waals surface area contributed by atoms with Crippen LogP contribution in [0.3, 0.4) is 0 Å². The van der Waals surface area contributed by atoms with Gasteiger partial charge in [-0.3, -0.25) is 4.98 Å². The van der Waals surface area contributed by atoms with E-state index < -0.39 is 0 Å². The predicted molar refractivity (Wildman–Crippen MR) is 85.0 cm³/mol. The fourth-order valence-corrected chi connectivity index (χ4v) is 3.11. The second kappa shape index (κ2) is 6.67. The lowest BCUT2D eigenvalue weighted by molar-refractivity contribution is 0.627. The van der Waals surface area contributed by atoms with Crippen molar-refractivity contribution in [1.82, 2.24) is 4.98 Å². The Morgan fingerprint density at radius 1 is 1.05 bits per heavy atom. The zero-order valence-electron chi connectivity index (χ0n) is 12.7. The summed E-state index contributed by atoms with van der Waals surface area (Å²) in [6, 6.07) is 8.69. The van der Waals surface area contributed by atoms with Crippen molar-refractivity contribution in [2.45, 2.75) is 39.5 Å². The summed E-state index contributed by atoms with van der Waals surface area (Å²) in [5.74, 6) is 0.434. The second-order valence-corrected chi connectivity index (χ2v) is 5.64. The van der Waals surface area contributed by atoms with E-state index in [1.54, 1.807) is 0 Å². The van der Waals surface area contributed by atoms with Gasteiger partial charge in [-0.2, -0.15) is 0 Å². The van der Waals surface area contributed by atoms with Crippen LogP contribution in [0.2, 0.25) is 0 Å². The maximum atomic E-state index is 6.03. The highest BCUT2D eigenvalue weighted by Gasteiger charge is 2.15. The van der Waals surface area contributed by atoms with Crippen molar-refractivity contribution in [3.05, 3.63) is 64.5 Å². The molecule has 0 spiro atoms. The number of rotatable bonds is 5. The Morgan fingerprint density at radius 3 is 2.20 bits per heavy atom. The smallest absolute Gasteiger partial charge is 0.0270 e. The van der Waals surface area contributed by atoms with Crippen LogP contribution in [-0.2, 0) is 6.42 Å². The summed E-state index contributed by atoms with van der Waals surface area (Å²) in [4.78, 5) is 4.06. The van der Waals surface area contributed by atoms with Gasteiger partial charge in [0.15, 0.2) is 0 Å². The molecule has 1 atom stereocenters. The van der Waals surface area contributed by atoms with E-state index >= 15 is 0 Å². The van der Waals surface area contributed by atoms with E-state index in [0.29, 0.717) is 12.5 Å². The van der Waals surface area contributed by atoms with Crippen molar-refractivity contribution in [3.63, 3.8) is 0 Å². The van der Waals surface area contributed by atoms with Gasteiger partial charge in [-0.15, -0.1) is 0 Å². The van der Waals surface area contributed by atoms with Gasteiger partial charge in [-0.05, 0) is 80.5 Å². The van der Waals surface area contributed by atoms with Crippen molar-refractivity contribution >= 4 is 0 Å². The van der Waals surface area contributed by atoms with Gasteiger partial charge < -0.3 is 5.73 Å². The molecule has 0 saturated heterocycles. The largest absolute Gasteiger partial charge is 0.330 e. The van der Waals surface area contributed by atoms with Gasteiger partial charge >= 0.3 is 0 Å². The number of pyridine rings is 1. The molecule has 0 aliphatic rings. The van der Waals surface area contributed by atoms with Crippen LogP contribution in [0.15, 0.2) is 36.7 Å². The predicted octanol–water partition coefficient (Wildman–Crippen LogP) is 3.68. The third kappa shape index (κ3) is 3.45. The number of hydrogen-bond acceptors (Lipinski definition) is 2. The van der Waals surface area contributed by atoms with Crippen molar-refractivity contribution in [3.8, 4) is 0 Å². The zero-order chi connectivity index (χ0) is 14.5. The first-order chi connectivity index (χ1) is 9.61. The van der Waals surface area contributed by atoms with Crippen molar-refractivity contribution in [2.24, 2.45) is 5.73 Å². The number of aryl methyl sites for hydroxylation is 4. The minimum atomic E-state index is 0.434. The molecule has 20 heavy (non-hydrogen) atoms. The molecule has 1 heterocycles. The number of nitrogens with two attached hydrogens (primary N) is 1. The van der Waals surface area contributed by atoms with Gasteiger partial charge in [0.05, 0.1) is 0 Å². The summed E-state index contributed by atoms with van der Waals surface area (Å²) < 4.78 is 0. The SMILES string of the molecule is Cc1cc(C)c(C(CN)CCc2ccncc2)c(C)c1. The molecule has 0 amide bonds. The monoisotopic (exact) mass is 268 g/mol. The molecule has 0 saturated carbocycles. The van der Waals surface area contributed by atoms with Crippen LogP contribution in [-0.4, -0.2) is 11.5 Å². The fourth-order valence-electron chi connectivity index (χ4n) is 3.11. The maximum absolute atomic E-state index is 6.03. The first-order valence-corrected chi connectivity index (χ1v) is 7.28. The average Bonchev–Trinajstić information content (AvgIpc) is 2.42. The van der Waals surface area contributed by atoms with Crippen molar-refractivity contribution in [2.75, 3.05) is 6.54 Å². The van der Waals surface area contributed by atoms with Crippen LogP contribution in [0, 0.1) is 20.8 Å². The Morgan fingerprint density at radius 2 is 1.65 bits per heavy atom. The third-order valence-corrected chi connectivity index (χ3v) is 3.96. The van der Waals surface area contributed by atoms with E-state index in [-0.39, 0.29) is 0 Å². The Kier molecular flexibility index (Phi) is 4.91. The molecule has 1 aromatic carbocycles. The lowest BCUT2D eigenvalue weighted by atomic mass is 9.86. The molecule has 1 aromatic heterocycles. The molecule has 0 bridgehead atoms. The minimum absolute atomic E-state index is 0.434. The molecular formula is C18H24N2. The molecule has 1 unspecified atom stereocenters. The van der Waals surface area contributed by atoms with Gasteiger partial charge in [-0.1, -0.05) is 17.7 Å². The van der Waals surface area contributed by atoms with Crippen LogP contribution >= 0.6 is 0 Å². The number of aromatic nitrogens is 1. The molecular weight excluding hydrogens is 244 g/mol. The summed E-state index contributed by atoms with van der Waals surface area (Å²) >= 11 is 0. The Bertz CT molecular complexity index is 538. The van der Waals surface area contributed by atoms with Gasteiger partial charge in [-0.25, -0.2) is 0 Å². The molecule has 0 radical (unpaired) electrons. The summed E-state index contributed by atoms with van der Waals surface area (Å²) in [5, 5.41) is 0. The molecule has 2 nitrogen and oxygen atoms in total. The van der Waals surface area contributed by atoms with Crippen LogP contribution in [0.5, 0.6) is 0 Å². The number of hydrogen-bond donors (Lipinski definition) is 1. The van der Waals surface area contributed by atoms with Crippen molar-refractivity contribution in [1.29, 1.82) is 0 Å². The van der Waals surface area contributed by atoms with Gasteiger partial charge in [0.1, 0.15) is 0 Å². The molecule has 0 aliphatic heterocycles. The standard InChI is InChI=1S/C18H24N2/c1-13-10-14(2)18(15(3)11-13)17(12-19)5-4-16-6-8-20-9-7-16/h6-11,17H,4-5,12,19H2,1-3H3. The van der Waals surface area contributed by atoms with Crippen LogP contribution < -0.4 is 5.73 Å². The first-order valence-electron chi connectivity index (χ1n) is 7.28. The maximum Gasteiger partial charge on any atom is 0.0270 e. The topological polar surface area (TPSA) is 38.9 Å². The van der Waals surface area contributed by atoms with E-state index in [2.05, 4.69) is 50.0 Å². The molecule has 0 fully saturated rings. The molecule has 2 heteroatoms. The Labute approximate surface area is 122 Å².